The smallest absolute Gasteiger partial charge is 0.318 e. The maximum atomic E-state index is 13.2. The molecular weight excluding hydrogens is 295 g/mol. The van der Waals surface area contributed by atoms with Crippen LogP contribution in [-0.2, 0) is 0 Å². The summed E-state index contributed by atoms with van der Waals surface area (Å²) in [4.78, 5) is 13.9. The van der Waals surface area contributed by atoms with Crippen LogP contribution in [0.1, 0.15) is 24.1 Å². The van der Waals surface area contributed by atoms with Crippen LogP contribution in [-0.4, -0.2) is 35.7 Å². The van der Waals surface area contributed by atoms with E-state index in [0.29, 0.717) is 6.54 Å². The highest BCUT2D eigenvalue weighted by atomic mass is 19.1. The first-order valence-corrected chi connectivity index (χ1v) is 7.62. The Morgan fingerprint density at radius 2 is 1.74 bits per heavy atom. The van der Waals surface area contributed by atoms with Gasteiger partial charge in [-0.05, 0) is 30.2 Å². The Kier molecular flexibility index (Phi) is 6.11. The lowest BCUT2D eigenvalue weighted by Crippen LogP contribution is -2.43. The predicted octanol–water partition coefficient (Wildman–Crippen LogP) is 2.94. The summed E-state index contributed by atoms with van der Waals surface area (Å²) >= 11 is 0. The van der Waals surface area contributed by atoms with Crippen molar-refractivity contribution >= 4 is 6.03 Å². The molecule has 0 saturated heterocycles. The summed E-state index contributed by atoms with van der Waals surface area (Å²) in [6, 6.07) is 14.9. The number of amides is 2. The van der Waals surface area contributed by atoms with Gasteiger partial charge >= 0.3 is 6.03 Å². The number of aliphatic hydroxyl groups excluding tert-OH is 1. The number of rotatable bonds is 6. The van der Waals surface area contributed by atoms with Crippen LogP contribution in [0.15, 0.2) is 54.6 Å². The zero-order valence-electron chi connectivity index (χ0n) is 13.1. The predicted molar refractivity (Wildman–Crippen MR) is 87.5 cm³/mol. The van der Waals surface area contributed by atoms with Crippen molar-refractivity contribution in [3.05, 3.63) is 71.5 Å². The minimum atomic E-state index is -0.378. The molecule has 0 aliphatic heterocycles. The molecule has 0 bridgehead atoms. The second kappa shape index (κ2) is 8.29. The fourth-order valence-corrected chi connectivity index (χ4v) is 2.40. The zero-order valence-corrected chi connectivity index (χ0v) is 13.1. The van der Waals surface area contributed by atoms with Crippen molar-refractivity contribution in [3.63, 3.8) is 0 Å². The van der Waals surface area contributed by atoms with E-state index in [9.17, 15) is 9.18 Å². The van der Waals surface area contributed by atoms with Crippen LogP contribution >= 0.6 is 0 Å². The molecule has 2 aromatic carbocycles. The number of carbonyl (C=O) groups is 1. The molecule has 5 heteroatoms. The van der Waals surface area contributed by atoms with Crippen LogP contribution < -0.4 is 5.32 Å². The first-order valence-electron chi connectivity index (χ1n) is 7.62. The van der Waals surface area contributed by atoms with E-state index in [-0.39, 0.29) is 31.0 Å². The number of urea groups is 1. The quantitative estimate of drug-likeness (QED) is 0.861. The third-order valence-electron chi connectivity index (χ3n) is 3.64. The lowest BCUT2D eigenvalue weighted by atomic mass is 9.99. The maximum absolute atomic E-state index is 13.2. The summed E-state index contributed by atoms with van der Waals surface area (Å²) in [5.41, 5.74) is 1.71. The summed E-state index contributed by atoms with van der Waals surface area (Å²) in [5, 5.41) is 12.0. The van der Waals surface area contributed by atoms with Gasteiger partial charge in [0.2, 0.25) is 0 Å². The Labute approximate surface area is 135 Å². The normalized spacial score (nSPS) is 11.8. The van der Waals surface area contributed by atoms with E-state index in [1.165, 1.54) is 17.0 Å². The molecule has 0 saturated carbocycles. The number of hydrogen-bond acceptors (Lipinski definition) is 2. The van der Waals surface area contributed by atoms with Crippen molar-refractivity contribution in [1.82, 2.24) is 10.2 Å². The van der Waals surface area contributed by atoms with E-state index < -0.39 is 0 Å². The van der Waals surface area contributed by atoms with Gasteiger partial charge in [-0.2, -0.15) is 0 Å². The molecule has 4 nitrogen and oxygen atoms in total. The van der Waals surface area contributed by atoms with Gasteiger partial charge in [0, 0.05) is 13.1 Å². The summed E-state index contributed by atoms with van der Waals surface area (Å²) in [5.74, 6) is -0.317. The van der Waals surface area contributed by atoms with E-state index >= 15 is 0 Å². The largest absolute Gasteiger partial charge is 0.395 e. The van der Waals surface area contributed by atoms with Crippen molar-refractivity contribution in [3.8, 4) is 0 Å². The molecule has 2 rings (SSSR count). The van der Waals surface area contributed by atoms with Crippen LogP contribution in [0.25, 0.3) is 0 Å². The molecule has 0 aromatic heterocycles. The van der Waals surface area contributed by atoms with Gasteiger partial charge in [0.15, 0.2) is 0 Å². The molecule has 1 unspecified atom stereocenters. The number of nitrogens with zero attached hydrogens (tertiary/aromatic N) is 1. The SMILES string of the molecule is CCN(CCO)C(=O)NC(c1ccccc1)c1ccc(F)cc1. The number of nitrogens with one attached hydrogen (secondary N) is 1. The molecule has 2 amide bonds. The number of benzene rings is 2. The summed E-state index contributed by atoms with van der Waals surface area (Å²) < 4.78 is 13.2. The molecule has 2 aromatic rings. The highest BCUT2D eigenvalue weighted by molar-refractivity contribution is 5.75. The molecule has 1 atom stereocenters. The van der Waals surface area contributed by atoms with Crippen LogP contribution in [0.4, 0.5) is 9.18 Å². The fourth-order valence-electron chi connectivity index (χ4n) is 2.40. The van der Waals surface area contributed by atoms with E-state index in [0.717, 1.165) is 11.1 Å². The molecule has 122 valence electrons. The first-order chi connectivity index (χ1) is 11.2. The Balaban J connectivity index is 2.27. The molecule has 0 aliphatic rings. The lowest BCUT2D eigenvalue weighted by Gasteiger charge is -2.25. The van der Waals surface area contributed by atoms with Crippen molar-refractivity contribution in [2.45, 2.75) is 13.0 Å². The summed E-state index contributed by atoms with van der Waals surface area (Å²) in [7, 11) is 0. The number of carbonyl (C=O) groups excluding carboxylic acids is 1. The second-order valence-corrected chi connectivity index (χ2v) is 5.15. The van der Waals surface area contributed by atoms with Crippen molar-refractivity contribution in [2.75, 3.05) is 19.7 Å². The lowest BCUT2D eigenvalue weighted by molar-refractivity contribution is 0.178. The van der Waals surface area contributed by atoms with Gasteiger partial charge in [0.1, 0.15) is 5.82 Å². The monoisotopic (exact) mass is 316 g/mol. The van der Waals surface area contributed by atoms with Crippen LogP contribution in [0.5, 0.6) is 0 Å². The zero-order chi connectivity index (χ0) is 16.7. The van der Waals surface area contributed by atoms with Crippen molar-refractivity contribution < 1.29 is 14.3 Å². The topological polar surface area (TPSA) is 52.6 Å². The van der Waals surface area contributed by atoms with Gasteiger partial charge in [-0.15, -0.1) is 0 Å². The van der Waals surface area contributed by atoms with Gasteiger partial charge in [-0.3, -0.25) is 0 Å². The molecule has 0 heterocycles. The minimum absolute atomic E-state index is 0.0895. The average molecular weight is 316 g/mol. The van der Waals surface area contributed by atoms with Crippen molar-refractivity contribution in [1.29, 1.82) is 0 Å². The highest BCUT2D eigenvalue weighted by Crippen LogP contribution is 2.22. The van der Waals surface area contributed by atoms with Crippen LogP contribution in [0, 0.1) is 5.82 Å². The number of hydrogen-bond donors (Lipinski definition) is 2. The third-order valence-corrected chi connectivity index (χ3v) is 3.64. The highest BCUT2D eigenvalue weighted by Gasteiger charge is 2.19. The molecular formula is C18H21FN2O2. The Morgan fingerprint density at radius 1 is 1.13 bits per heavy atom. The van der Waals surface area contributed by atoms with Gasteiger partial charge < -0.3 is 15.3 Å². The summed E-state index contributed by atoms with van der Waals surface area (Å²) in [6.07, 6.45) is 0. The minimum Gasteiger partial charge on any atom is -0.395 e. The van der Waals surface area contributed by atoms with Gasteiger partial charge in [-0.1, -0.05) is 42.5 Å². The number of aliphatic hydroxyl groups is 1. The summed E-state index contributed by atoms with van der Waals surface area (Å²) in [6.45, 7) is 2.53. The third kappa shape index (κ3) is 4.53. The number of likely N-dealkylation sites (N-methyl/N-ethyl adjacent to an activating group) is 1. The van der Waals surface area contributed by atoms with Crippen LogP contribution in [0.3, 0.4) is 0 Å². The van der Waals surface area contributed by atoms with E-state index in [1.54, 1.807) is 12.1 Å². The molecule has 2 N–H and O–H groups in total. The van der Waals surface area contributed by atoms with Crippen molar-refractivity contribution in [2.24, 2.45) is 0 Å². The van der Waals surface area contributed by atoms with E-state index in [4.69, 9.17) is 5.11 Å². The maximum Gasteiger partial charge on any atom is 0.318 e. The molecule has 0 aliphatic carbocycles. The molecule has 0 spiro atoms. The van der Waals surface area contributed by atoms with Gasteiger partial charge in [0.25, 0.3) is 0 Å². The molecule has 23 heavy (non-hydrogen) atoms. The van der Waals surface area contributed by atoms with E-state index in [1.807, 2.05) is 37.3 Å². The van der Waals surface area contributed by atoms with E-state index in [2.05, 4.69) is 5.32 Å². The standard InChI is InChI=1S/C18H21FN2O2/c1-2-21(12-13-22)18(23)20-17(14-6-4-3-5-7-14)15-8-10-16(19)11-9-15/h3-11,17,22H,2,12-13H2,1H3,(H,20,23). The average Bonchev–Trinajstić information content (AvgIpc) is 2.59. The molecule has 0 fully saturated rings. The van der Waals surface area contributed by atoms with Crippen LogP contribution in [0.2, 0.25) is 0 Å². The van der Waals surface area contributed by atoms with Gasteiger partial charge in [-0.25, -0.2) is 9.18 Å². The Bertz CT molecular complexity index is 617. The number of halogens is 1. The van der Waals surface area contributed by atoms with Gasteiger partial charge in [0.05, 0.1) is 12.6 Å². The molecule has 0 radical (unpaired) electrons. The first kappa shape index (κ1) is 17.0. The Morgan fingerprint density at radius 3 is 2.30 bits per heavy atom. The second-order valence-electron chi connectivity index (χ2n) is 5.15. The fraction of sp³-hybridized carbons (Fsp3) is 0.278. The Hall–Kier alpha value is -2.40.